The number of nitrogens with zero attached hydrogens (tertiary/aromatic N) is 1. The van der Waals surface area contributed by atoms with Gasteiger partial charge in [0.05, 0.1) is 0 Å². The van der Waals surface area contributed by atoms with Crippen LogP contribution in [0.2, 0.25) is 0 Å². The third-order valence-electron chi connectivity index (χ3n) is 3.84. The molecule has 1 fully saturated rings. The average molecular weight is 240 g/mol. The fraction of sp³-hybridized carbons (Fsp3) is 1.00. The van der Waals surface area contributed by atoms with Crippen LogP contribution < -0.4 is 5.32 Å². The summed E-state index contributed by atoms with van der Waals surface area (Å²) in [5.41, 5.74) is 0. The van der Waals surface area contributed by atoms with Crippen LogP contribution in [-0.2, 0) is 0 Å². The highest BCUT2D eigenvalue weighted by Crippen LogP contribution is 2.17. The summed E-state index contributed by atoms with van der Waals surface area (Å²) in [4.78, 5) is 2.74. The number of piperazine rings is 1. The van der Waals surface area contributed by atoms with Crippen molar-refractivity contribution in [2.24, 2.45) is 11.8 Å². The molecule has 2 heteroatoms. The van der Waals surface area contributed by atoms with E-state index in [2.05, 4.69) is 44.8 Å². The Morgan fingerprint density at radius 1 is 1.18 bits per heavy atom. The van der Waals surface area contributed by atoms with E-state index >= 15 is 0 Å². The maximum Gasteiger partial charge on any atom is 0.0223 e. The lowest BCUT2D eigenvalue weighted by Gasteiger charge is -2.41. The molecule has 0 aromatic heterocycles. The second-order valence-electron chi connectivity index (χ2n) is 6.47. The van der Waals surface area contributed by atoms with Crippen LogP contribution >= 0.6 is 0 Å². The summed E-state index contributed by atoms with van der Waals surface area (Å²) in [6, 6.07) is 1.47. The standard InChI is InChI=1S/C15H32N2/c1-6-14-11-17(8-7-12(2)3)15(10-16-14)9-13(4)5/h12-16H,6-11H2,1-5H3. The first-order valence-electron chi connectivity index (χ1n) is 7.50. The molecule has 0 amide bonds. The zero-order chi connectivity index (χ0) is 12.8. The van der Waals surface area contributed by atoms with Crippen LogP contribution in [0, 0.1) is 11.8 Å². The monoisotopic (exact) mass is 240 g/mol. The number of nitrogens with one attached hydrogen (secondary N) is 1. The first kappa shape index (κ1) is 15.0. The number of rotatable bonds is 6. The minimum atomic E-state index is 0.713. The van der Waals surface area contributed by atoms with Gasteiger partial charge in [0.2, 0.25) is 0 Å². The normalized spacial score (nSPS) is 27.0. The Hall–Kier alpha value is -0.0800. The van der Waals surface area contributed by atoms with Crippen LogP contribution in [0.15, 0.2) is 0 Å². The van der Waals surface area contributed by atoms with Crippen molar-refractivity contribution in [2.75, 3.05) is 19.6 Å². The Bertz CT molecular complexity index is 201. The Morgan fingerprint density at radius 3 is 2.41 bits per heavy atom. The molecular weight excluding hydrogens is 208 g/mol. The average Bonchev–Trinajstić information content (AvgIpc) is 2.27. The van der Waals surface area contributed by atoms with Gasteiger partial charge in [0.25, 0.3) is 0 Å². The van der Waals surface area contributed by atoms with Crippen molar-refractivity contribution in [1.29, 1.82) is 0 Å². The second-order valence-corrected chi connectivity index (χ2v) is 6.47. The van der Waals surface area contributed by atoms with E-state index < -0.39 is 0 Å². The molecule has 0 aromatic rings. The molecule has 102 valence electrons. The molecule has 0 bridgehead atoms. The highest BCUT2D eigenvalue weighted by atomic mass is 15.2. The maximum absolute atomic E-state index is 3.70. The van der Waals surface area contributed by atoms with Gasteiger partial charge in [0.1, 0.15) is 0 Å². The van der Waals surface area contributed by atoms with Crippen LogP contribution in [0.3, 0.4) is 0 Å². The Morgan fingerprint density at radius 2 is 1.88 bits per heavy atom. The van der Waals surface area contributed by atoms with E-state index in [1.807, 2.05) is 0 Å². The van der Waals surface area contributed by atoms with Crippen molar-refractivity contribution in [3.63, 3.8) is 0 Å². The molecule has 0 aliphatic carbocycles. The summed E-state index contributed by atoms with van der Waals surface area (Å²) >= 11 is 0. The van der Waals surface area contributed by atoms with Crippen LogP contribution in [0.25, 0.3) is 0 Å². The van der Waals surface area contributed by atoms with Gasteiger partial charge in [-0.3, -0.25) is 4.90 Å². The minimum Gasteiger partial charge on any atom is -0.311 e. The lowest BCUT2D eigenvalue weighted by molar-refractivity contribution is 0.107. The zero-order valence-electron chi connectivity index (χ0n) is 12.5. The highest BCUT2D eigenvalue weighted by molar-refractivity contribution is 4.86. The molecule has 0 saturated carbocycles. The molecule has 1 saturated heterocycles. The lowest BCUT2D eigenvalue weighted by Crippen LogP contribution is -2.56. The summed E-state index contributed by atoms with van der Waals surface area (Å²) < 4.78 is 0. The van der Waals surface area contributed by atoms with Gasteiger partial charge in [-0.25, -0.2) is 0 Å². The van der Waals surface area contributed by atoms with Gasteiger partial charge in [-0.05, 0) is 37.6 Å². The smallest absolute Gasteiger partial charge is 0.0223 e. The summed E-state index contributed by atoms with van der Waals surface area (Å²) in [5, 5.41) is 3.70. The van der Waals surface area contributed by atoms with Gasteiger partial charge < -0.3 is 5.32 Å². The maximum atomic E-state index is 3.70. The van der Waals surface area contributed by atoms with E-state index in [0.717, 1.165) is 17.9 Å². The van der Waals surface area contributed by atoms with Gasteiger partial charge in [-0.2, -0.15) is 0 Å². The van der Waals surface area contributed by atoms with Crippen molar-refractivity contribution in [3.05, 3.63) is 0 Å². The second kappa shape index (κ2) is 7.38. The van der Waals surface area contributed by atoms with Crippen LogP contribution in [0.4, 0.5) is 0 Å². The fourth-order valence-electron chi connectivity index (χ4n) is 2.68. The van der Waals surface area contributed by atoms with Crippen LogP contribution in [0.1, 0.15) is 53.9 Å². The van der Waals surface area contributed by atoms with Crippen molar-refractivity contribution < 1.29 is 0 Å². The van der Waals surface area contributed by atoms with E-state index in [9.17, 15) is 0 Å². The molecule has 0 spiro atoms. The van der Waals surface area contributed by atoms with Crippen LogP contribution in [-0.4, -0.2) is 36.6 Å². The molecule has 1 heterocycles. The largest absolute Gasteiger partial charge is 0.311 e. The SMILES string of the molecule is CCC1CN(CCC(C)C)C(CC(C)C)CN1. The Balaban J connectivity index is 2.48. The molecule has 2 atom stereocenters. The molecule has 2 unspecified atom stereocenters. The van der Waals surface area contributed by atoms with E-state index in [1.54, 1.807) is 0 Å². The van der Waals surface area contributed by atoms with Gasteiger partial charge in [0.15, 0.2) is 0 Å². The van der Waals surface area contributed by atoms with Crippen molar-refractivity contribution in [3.8, 4) is 0 Å². The lowest BCUT2D eigenvalue weighted by atomic mass is 9.97. The van der Waals surface area contributed by atoms with E-state index in [4.69, 9.17) is 0 Å². The summed E-state index contributed by atoms with van der Waals surface area (Å²) in [6.07, 6.45) is 3.93. The van der Waals surface area contributed by atoms with E-state index in [-0.39, 0.29) is 0 Å². The van der Waals surface area contributed by atoms with Crippen molar-refractivity contribution in [2.45, 2.75) is 66.0 Å². The molecule has 0 radical (unpaired) electrons. The molecular formula is C15H32N2. The van der Waals surface area contributed by atoms with Crippen molar-refractivity contribution in [1.82, 2.24) is 10.2 Å². The van der Waals surface area contributed by atoms with E-state index in [0.29, 0.717) is 6.04 Å². The Kier molecular flexibility index (Phi) is 6.50. The number of hydrogen-bond donors (Lipinski definition) is 1. The van der Waals surface area contributed by atoms with Gasteiger partial charge >= 0.3 is 0 Å². The molecule has 17 heavy (non-hydrogen) atoms. The van der Waals surface area contributed by atoms with Crippen LogP contribution in [0.5, 0.6) is 0 Å². The van der Waals surface area contributed by atoms with E-state index in [1.165, 1.54) is 38.9 Å². The number of hydrogen-bond acceptors (Lipinski definition) is 2. The van der Waals surface area contributed by atoms with Gasteiger partial charge in [0, 0.05) is 25.2 Å². The first-order chi connectivity index (χ1) is 8.02. The van der Waals surface area contributed by atoms with Crippen molar-refractivity contribution >= 4 is 0 Å². The highest BCUT2D eigenvalue weighted by Gasteiger charge is 2.27. The quantitative estimate of drug-likeness (QED) is 0.767. The topological polar surface area (TPSA) is 15.3 Å². The Labute approximate surface area is 108 Å². The third-order valence-corrected chi connectivity index (χ3v) is 3.84. The molecule has 0 aromatic carbocycles. The predicted octanol–water partition coefficient (Wildman–Crippen LogP) is 3.13. The van der Waals surface area contributed by atoms with Gasteiger partial charge in [-0.1, -0.05) is 34.6 Å². The molecule has 1 aliphatic heterocycles. The molecule has 1 rings (SSSR count). The first-order valence-corrected chi connectivity index (χ1v) is 7.50. The summed E-state index contributed by atoms with van der Waals surface area (Å²) in [5.74, 6) is 1.63. The zero-order valence-corrected chi connectivity index (χ0v) is 12.5. The third kappa shape index (κ3) is 5.39. The van der Waals surface area contributed by atoms with Gasteiger partial charge in [-0.15, -0.1) is 0 Å². The molecule has 1 aliphatic rings. The summed E-state index contributed by atoms with van der Waals surface area (Å²) in [6.45, 7) is 15.4. The molecule has 1 N–H and O–H groups in total. The molecule has 2 nitrogen and oxygen atoms in total. The predicted molar refractivity (Wildman–Crippen MR) is 76.4 cm³/mol. The summed E-state index contributed by atoms with van der Waals surface area (Å²) in [7, 11) is 0. The fourth-order valence-corrected chi connectivity index (χ4v) is 2.68. The minimum absolute atomic E-state index is 0.713.